The first-order chi connectivity index (χ1) is 16.8. The maximum atomic E-state index is 12.5. The van der Waals surface area contributed by atoms with Crippen LogP contribution in [0.15, 0.2) is 76.3 Å². The van der Waals surface area contributed by atoms with Gasteiger partial charge in [0.05, 0.1) is 33.5 Å². The second kappa shape index (κ2) is 8.45. The van der Waals surface area contributed by atoms with Crippen LogP contribution in [-0.2, 0) is 0 Å². The van der Waals surface area contributed by atoms with E-state index in [4.69, 9.17) is 5.10 Å². The number of nitrogens with one attached hydrogen (secondary N) is 3. The fourth-order valence-electron chi connectivity index (χ4n) is 4.19. The van der Waals surface area contributed by atoms with Crippen molar-refractivity contribution in [2.24, 2.45) is 0 Å². The van der Waals surface area contributed by atoms with Crippen molar-refractivity contribution in [1.82, 2.24) is 19.7 Å². The van der Waals surface area contributed by atoms with Crippen molar-refractivity contribution in [3.8, 4) is 16.8 Å². The molecule has 0 saturated heterocycles. The van der Waals surface area contributed by atoms with Crippen LogP contribution < -0.4 is 16.6 Å². The van der Waals surface area contributed by atoms with Crippen molar-refractivity contribution in [1.29, 1.82) is 0 Å². The molecule has 5 aromatic rings. The SMILES string of the molecule is Cc1ccccc1-n1nc(C)c(-c2ccc3[nH]c(=O)[nH]c(=O)c3c2)c1Nc1ccccc1C(=O)O. The van der Waals surface area contributed by atoms with Gasteiger partial charge in [-0.2, -0.15) is 5.10 Å². The fraction of sp³-hybridized carbons (Fsp3) is 0.0769. The summed E-state index contributed by atoms with van der Waals surface area (Å²) in [6.45, 7) is 3.81. The smallest absolute Gasteiger partial charge is 0.337 e. The van der Waals surface area contributed by atoms with E-state index in [2.05, 4.69) is 15.3 Å². The maximum absolute atomic E-state index is 12.5. The number of fused-ring (bicyclic) bond motifs is 1. The van der Waals surface area contributed by atoms with E-state index in [9.17, 15) is 19.5 Å². The van der Waals surface area contributed by atoms with Gasteiger partial charge in [-0.15, -0.1) is 0 Å². The van der Waals surface area contributed by atoms with E-state index < -0.39 is 17.2 Å². The number of rotatable bonds is 5. The minimum atomic E-state index is -1.06. The molecule has 0 saturated carbocycles. The zero-order chi connectivity index (χ0) is 24.7. The van der Waals surface area contributed by atoms with E-state index in [1.54, 1.807) is 41.1 Å². The van der Waals surface area contributed by atoms with Crippen LogP contribution in [0.1, 0.15) is 21.6 Å². The third-order valence-corrected chi connectivity index (χ3v) is 5.84. The average Bonchev–Trinajstić information content (AvgIpc) is 3.14. The third kappa shape index (κ3) is 3.89. The summed E-state index contributed by atoms with van der Waals surface area (Å²) in [5.41, 5.74) is 3.69. The molecule has 35 heavy (non-hydrogen) atoms. The van der Waals surface area contributed by atoms with Crippen LogP contribution in [0, 0.1) is 13.8 Å². The Balaban J connectivity index is 1.78. The Morgan fingerprint density at radius 2 is 1.71 bits per heavy atom. The van der Waals surface area contributed by atoms with Gasteiger partial charge in [-0.25, -0.2) is 14.3 Å². The Morgan fingerprint density at radius 3 is 2.49 bits per heavy atom. The highest BCUT2D eigenvalue weighted by atomic mass is 16.4. The van der Waals surface area contributed by atoms with Gasteiger partial charge in [0, 0.05) is 5.56 Å². The van der Waals surface area contributed by atoms with Crippen molar-refractivity contribution >= 4 is 28.4 Å². The van der Waals surface area contributed by atoms with Crippen molar-refractivity contribution in [2.75, 3.05) is 5.32 Å². The summed E-state index contributed by atoms with van der Waals surface area (Å²) in [4.78, 5) is 40.9. The second-order valence-corrected chi connectivity index (χ2v) is 8.15. The lowest BCUT2D eigenvalue weighted by atomic mass is 10.0. The fourth-order valence-corrected chi connectivity index (χ4v) is 4.19. The highest BCUT2D eigenvalue weighted by molar-refractivity contribution is 5.96. The molecule has 9 nitrogen and oxygen atoms in total. The lowest BCUT2D eigenvalue weighted by Crippen LogP contribution is -2.21. The number of para-hydroxylation sites is 2. The van der Waals surface area contributed by atoms with Gasteiger partial charge in [0.25, 0.3) is 5.56 Å². The monoisotopic (exact) mass is 467 g/mol. The summed E-state index contributed by atoms with van der Waals surface area (Å²) in [5, 5.41) is 18.1. The summed E-state index contributed by atoms with van der Waals surface area (Å²) in [6.07, 6.45) is 0. The number of carboxylic acids is 1. The number of hydrogen-bond donors (Lipinski definition) is 4. The molecule has 0 aliphatic carbocycles. The molecule has 2 aromatic heterocycles. The van der Waals surface area contributed by atoms with Gasteiger partial charge < -0.3 is 15.4 Å². The molecule has 174 valence electrons. The van der Waals surface area contributed by atoms with Crippen LogP contribution in [0.25, 0.3) is 27.7 Å². The summed E-state index contributed by atoms with van der Waals surface area (Å²) >= 11 is 0. The lowest BCUT2D eigenvalue weighted by Gasteiger charge is -2.15. The number of carbonyl (C=O) groups is 1. The van der Waals surface area contributed by atoms with E-state index in [0.29, 0.717) is 39.2 Å². The lowest BCUT2D eigenvalue weighted by molar-refractivity contribution is 0.0698. The van der Waals surface area contributed by atoms with Gasteiger partial charge in [0.15, 0.2) is 0 Å². The second-order valence-electron chi connectivity index (χ2n) is 8.15. The van der Waals surface area contributed by atoms with Crippen LogP contribution in [-0.4, -0.2) is 30.8 Å². The zero-order valence-corrected chi connectivity index (χ0v) is 18.9. The molecule has 5 rings (SSSR count). The Morgan fingerprint density at radius 1 is 0.971 bits per heavy atom. The minimum absolute atomic E-state index is 0.112. The number of H-pyrrole nitrogens is 2. The predicted molar refractivity (Wildman–Crippen MR) is 134 cm³/mol. The normalized spacial score (nSPS) is 11.0. The van der Waals surface area contributed by atoms with Crippen LogP contribution in [0.4, 0.5) is 11.5 Å². The van der Waals surface area contributed by atoms with Gasteiger partial charge in [-0.05, 0) is 55.3 Å². The summed E-state index contributed by atoms with van der Waals surface area (Å²) in [7, 11) is 0. The number of aromatic carboxylic acids is 1. The standard InChI is InChI=1S/C26H21N5O4/c1-14-7-3-6-10-21(14)31-23(27-19-9-5-4-8-17(19)25(33)34)22(15(2)30-31)16-11-12-20-18(13-16)24(32)29-26(35)28-20/h3-13,27H,1-2H3,(H,33,34)(H2,28,29,32,35). The molecular formula is C26H21N5O4. The zero-order valence-electron chi connectivity index (χ0n) is 18.9. The quantitative estimate of drug-likeness (QED) is 0.307. The van der Waals surface area contributed by atoms with Crippen molar-refractivity contribution in [3.63, 3.8) is 0 Å². The van der Waals surface area contributed by atoms with Gasteiger partial charge >= 0.3 is 11.7 Å². The highest BCUT2D eigenvalue weighted by Crippen LogP contribution is 2.37. The number of anilines is 2. The van der Waals surface area contributed by atoms with E-state index >= 15 is 0 Å². The molecule has 0 fully saturated rings. The summed E-state index contributed by atoms with van der Waals surface area (Å²) in [6, 6.07) is 19.5. The van der Waals surface area contributed by atoms with Gasteiger partial charge in [0.2, 0.25) is 0 Å². The molecule has 0 aliphatic heterocycles. The Kier molecular flexibility index (Phi) is 5.29. The first-order valence-electron chi connectivity index (χ1n) is 10.8. The van der Waals surface area contributed by atoms with E-state index in [-0.39, 0.29) is 5.56 Å². The maximum Gasteiger partial charge on any atom is 0.337 e. The summed E-state index contributed by atoms with van der Waals surface area (Å²) < 4.78 is 1.74. The number of aromatic amines is 2. The minimum Gasteiger partial charge on any atom is -0.478 e. The molecule has 3 aromatic carbocycles. The predicted octanol–water partition coefficient (Wildman–Crippen LogP) is 4.13. The number of benzene rings is 3. The number of hydrogen-bond acceptors (Lipinski definition) is 5. The van der Waals surface area contributed by atoms with Crippen LogP contribution in [0.5, 0.6) is 0 Å². The summed E-state index contributed by atoms with van der Waals surface area (Å²) in [5.74, 6) is -0.514. The first-order valence-corrected chi connectivity index (χ1v) is 10.8. The number of aromatic nitrogens is 4. The molecule has 0 unspecified atom stereocenters. The van der Waals surface area contributed by atoms with Crippen LogP contribution in [0.3, 0.4) is 0 Å². The molecule has 4 N–H and O–H groups in total. The molecule has 0 aliphatic rings. The Bertz CT molecular complexity index is 1730. The Hall–Kier alpha value is -4.92. The van der Waals surface area contributed by atoms with Crippen molar-refractivity contribution < 1.29 is 9.90 Å². The topological polar surface area (TPSA) is 133 Å². The molecule has 0 radical (unpaired) electrons. The molecule has 9 heteroatoms. The first kappa shape index (κ1) is 21.9. The van der Waals surface area contributed by atoms with Crippen LogP contribution in [0.2, 0.25) is 0 Å². The van der Waals surface area contributed by atoms with Crippen molar-refractivity contribution in [2.45, 2.75) is 13.8 Å². The largest absolute Gasteiger partial charge is 0.478 e. The van der Waals surface area contributed by atoms with Gasteiger partial charge in [0.1, 0.15) is 5.82 Å². The van der Waals surface area contributed by atoms with Crippen LogP contribution >= 0.6 is 0 Å². The molecular weight excluding hydrogens is 446 g/mol. The average molecular weight is 467 g/mol. The molecule has 2 heterocycles. The number of nitrogens with zero attached hydrogens (tertiary/aromatic N) is 2. The van der Waals surface area contributed by atoms with Gasteiger partial charge in [-0.3, -0.25) is 9.78 Å². The number of carboxylic acid groups (broad SMARTS) is 1. The molecule has 0 bridgehead atoms. The van der Waals surface area contributed by atoms with E-state index in [0.717, 1.165) is 11.3 Å². The Labute approximate surface area is 198 Å². The van der Waals surface area contributed by atoms with Crippen molar-refractivity contribution in [3.05, 3.63) is 104 Å². The third-order valence-electron chi connectivity index (χ3n) is 5.84. The van der Waals surface area contributed by atoms with E-state index in [1.165, 1.54) is 6.07 Å². The molecule has 0 spiro atoms. The van der Waals surface area contributed by atoms with Gasteiger partial charge in [-0.1, -0.05) is 36.4 Å². The molecule has 0 atom stereocenters. The number of aryl methyl sites for hydroxylation is 2. The highest BCUT2D eigenvalue weighted by Gasteiger charge is 2.21. The van der Waals surface area contributed by atoms with E-state index in [1.807, 2.05) is 38.1 Å². The molecule has 0 amide bonds.